The highest BCUT2D eigenvalue weighted by molar-refractivity contribution is 5.32. The van der Waals surface area contributed by atoms with E-state index in [9.17, 15) is 5.11 Å². The van der Waals surface area contributed by atoms with Gasteiger partial charge in [-0.2, -0.15) is 0 Å². The third-order valence-corrected chi connectivity index (χ3v) is 3.40. The Balaban J connectivity index is 2.70. The molecular formula is C16H27NO. The Bertz CT molecular complexity index is 402. The largest absolute Gasteiger partial charge is 0.385 e. The Morgan fingerprint density at radius 1 is 1.06 bits per heavy atom. The molecule has 0 amide bonds. The van der Waals surface area contributed by atoms with Crippen molar-refractivity contribution < 1.29 is 5.11 Å². The topological polar surface area (TPSA) is 32.3 Å². The molecule has 2 nitrogen and oxygen atoms in total. The first-order valence-corrected chi connectivity index (χ1v) is 6.67. The van der Waals surface area contributed by atoms with Crippen molar-refractivity contribution in [1.29, 1.82) is 0 Å². The zero-order valence-electron chi connectivity index (χ0n) is 12.6. The van der Waals surface area contributed by atoms with Crippen LogP contribution in [0.25, 0.3) is 0 Å². The summed E-state index contributed by atoms with van der Waals surface area (Å²) in [6.45, 7) is 13.3. The number of rotatable bonds is 4. The van der Waals surface area contributed by atoms with E-state index in [2.05, 4.69) is 52.1 Å². The molecule has 0 bridgehead atoms. The highest BCUT2D eigenvalue weighted by Crippen LogP contribution is 2.26. The number of hydrogen-bond acceptors (Lipinski definition) is 2. The van der Waals surface area contributed by atoms with Crippen LogP contribution in [0, 0.1) is 13.8 Å². The number of benzene rings is 1. The first-order valence-electron chi connectivity index (χ1n) is 6.67. The fourth-order valence-corrected chi connectivity index (χ4v) is 1.90. The molecule has 0 aliphatic carbocycles. The number of aliphatic hydroxyl groups is 1. The molecule has 0 aliphatic rings. The predicted molar refractivity (Wildman–Crippen MR) is 77.9 cm³/mol. The summed E-state index contributed by atoms with van der Waals surface area (Å²) in [5.41, 5.74) is 2.83. The molecule has 18 heavy (non-hydrogen) atoms. The molecule has 0 spiro atoms. The second-order valence-corrected chi connectivity index (χ2v) is 6.50. The van der Waals surface area contributed by atoms with Gasteiger partial charge in [0, 0.05) is 5.54 Å². The van der Waals surface area contributed by atoms with Crippen molar-refractivity contribution in [3.8, 4) is 0 Å². The average Bonchev–Trinajstić information content (AvgIpc) is 2.19. The summed E-state index contributed by atoms with van der Waals surface area (Å²) in [5.74, 6) is 0. The normalized spacial score (nSPS) is 15.5. The van der Waals surface area contributed by atoms with Crippen molar-refractivity contribution in [2.45, 2.75) is 59.1 Å². The van der Waals surface area contributed by atoms with Gasteiger partial charge in [-0.3, -0.25) is 0 Å². The van der Waals surface area contributed by atoms with Gasteiger partial charge in [-0.15, -0.1) is 0 Å². The SMILES string of the molecule is Cc1ccc(C(C)(O)CCNC(C)(C)C)cc1C. The molecule has 1 atom stereocenters. The van der Waals surface area contributed by atoms with Gasteiger partial charge in [-0.1, -0.05) is 18.2 Å². The summed E-state index contributed by atoms with van der Waals surface area (Å²) in [7, 11) is 0. The van der Waals surface area contributed by atoms with Crippen molar-refractivity contribution in [2.24, 2.45) is 0 Å². The van der Waals surface area contributed by atoms with Gasteiger partial charge in [0.15, 0.2) is 0 Å². The van der Waals surface area contributed by atoms with Gasteiger partial charge in [0.1, 0.15) is 0 Å². The number of hydrogen-bond donors (Lipinski definition) is 2. The molecule has 1 unspecified atom stereocenters. The minimum atomic E-state index is -0.767. The first kappa shape index (κ1) is 15.2. The summed E-state index contributed by atoms with van der Waals surface area (Å²) in [6.07, 6.45) is 0.715. The van der Waals surface area contributed by atoms with E-state index in [1.165, 1.54) is 11.1 Å². The fourth-order valence-electron chi connectivity index (χ4n) is 1.90. The van der Waals surface area contributed by atoms with E-state index in [4.69, 9.17) is 0 Å². The van der Waals surface area contributed by atoms with E-state index in [1.54, 1.807) is 0 Å². The van der Waals surface area contributed by atoms with Crippen LogP contribution in [0.15, 0.2) is 18.2 Å². The minimum Gasteiger partial charge on any atom is -0.385 e. The highest BCUT2D eigenvalue weighted by Gasteiger charge is 2.23. The Labute approximate surface area is 111 Å². The van der Waals surface area contributed by atoms with E-state index in [1.807, 2.05) is 13.0 Å². The monoisotopic (exact) mass is 249 g/mol. The molecule has 2 heteroatoms. The summed E-state index contributed by atoms with van der Waals surface area (Å²) in [6, 6.07) is 6.20. The molecule has 0 radical (unpaired) electrons. The highest BCUT2D eigenvalue weighted by atomic mass is 16.3. The zero-order chi connectivity index (χ0) is 14.0. The van der Waals surface area contributed by atoms with E-state index < -0.39 is 5.60 Å². The minimum absolute atomic E-state index is 0.0965. The standard InChI is InChI=1S/C16H27NO/c1-12-7-8-14(11-13(12)2)16(6,18)9-10-17-15(3,4)5/h7-8,11,17-18H,9-10H2,1-6H3. The smallest absolute Gasteiger partial charge is 0.0880 e. The summed E-state index contributed by atoms with van der Waals surface area (Å²) in [5, 5.41) is 14.0. The molecule has 0 fully saturated rings. The molecule has 1 rings (SSSR count). The van der Waals surface area contributed by atoms with E-state index in [0.29, 0.717) is 6.42 Å². The Kier molecular flexibility index (Phi) is 4.57. The van der Waals surface area contributed by atoms with Gasteiger partial charge in [-0.05, 0) is 71.2 Å². The van der Waals surface area contributed by atoms with Gasteiger partial charge in [-0.25, -0.2) is 0 Å². The predicted octanol–water partition coefficient (Wildman–Crippen LogP) is 3.29. The number of aryl methyl sites for hydroxylation is 2. The molecule has 1 aromatic rings. The van der Waals surface area contributed by atoms with Gasteiger partial charge in [0.2, 0.25) is 0 Å². The molecular weight excluding hydrogens is 222 g/mol. The summed E-state index contributed by atoms with van der Waals surface area (Å²) < 4.78 is 0. The molecule has 0 saturated heterocycles. The van der Waals surface area contributed by atoms with Crippen LogP contribution >= 0.6 is 0 Å². The maximum atomic E-state index is 10.6. The van der Waals surface area contributed by atoms with Crippen LogP contribution in [-0.2, 0) is 5.60 Å². The second kappa shape index (κ2) is 5.41. The third kappa shape index (κ3) is 4.43. The van der Waals surface area contributed by atoms with Crippen LogP contribution in [0.4, 0.5) is 0 Å². The Hall–Kier alpha value is -0.860. The lowest BCUT2D eigenvalue weighted by Gasteiger charge is -2.28. The molecule has 0 heterocycles. The Morgan fingerprint density at radius 3 is 2.17 bits per heavy atom. The van der Waals surface area contributed by atoms with Crippen LogP contribution in [-0.4, -0.2) is 17.2 Å². The molecule has 0 saturated carbocycles. The van der Waals surface area contributed by atoms with Crippen molar-refractivity contribution in [3.05, 3.63) is 34.9 Å². The average molecular weight is 249 g/mol. The van der Waals surface area contributed by atoms with E-state index >= 15 is 0 Å². The first-order chi connectivity index (χ1) is 8.12. The maximum absolute atomic E-state index is 10.6. The van der Waals surface area contributed by atoms with Crippen LogP contribution in [0.2, 0.25) is 0 Å². The maximum Gasteiger partial charge on any atom is 0.0880 e. The van der Waals surface area contributed by atoms with Crippen LogP contribution < -0.4 is 5.32 Å². The molecule has 1 aromatic carbocycles. The van der Waals surface area contributed by atoms with Crippen LogP contribution in [0.1, 0.15) is 50.8 Å². The van der Waals surface area contributed by atoms with Gasteiger partial charge in [0.05, 0.1) is 5.60 Å². The molecule has 0 aromatic heterocycles. The van der Waals surface area contributed by atoms with E-state index in [-0.39, 0.29) is 5.54 Å². The van der Waals surface area contributed by atoms with Crippen molar-refractivity contribution in [1.82, 2.24) is 5.32 Å². The van der Waals surface area contributed by atoms with Crippen molar-refractivity contribution in [2.75, 3.05) is 6.54 Å². The fraction of sp³-hybridized carbons (Fsp3) is 0.625. The van der Waals surface area contributed by atoms with Gasteiger partial charge < -0.3 is 10.4 Å². The van der Waals surface area contributed by atoms with Gasteiger partial charge >= 0.3 is 0 Å². The van der Waals surface area contributed by atoms with E-state index in [0.717, 1.165) is 12.1 Å². The van der Waals surface area contributed by atoms with Crippen LogP contribution in [0.5, 0.6) is 0 Å². The summed E-state index contributed by atoms with van der Waals surface area (Å²) in [4.78, 5) is 0. The molecule has 2 N–H and O–H groups in total. The lowest BCUT2D eigenvalue weighted by atomic mass is 9.90. The van der Waals surface area contributed by atoms with Crippen molar-refractivity contribution >= 4 is 0 Å². The summed E-state index contributed by atoms with van der Waals surface area (Å²) >= 11 is 0. The molecule has 102 valence electrons. The lowest BCUT2D eigenvalue weighted by Crippen LogP contribution is -2.39. The quantitative estimate of drug-likeness (QED) is 0.858. The zero-order valence-corrected chi connectivity index (χ0v) is 12.6. The number of nitrogens with one attached hydrogen (secondary N) is 1. The van der Waals surface area contributed by atoms with Crippen LogP contribution in [0.3, 0.4) is 0 Å². The van der Waals surface area contributed by atoms with Crippen molar-refractivity contribution in [3.63, 3.8) is 0 Å². The Morgan fingerprint density at radius 2 is 1.67 bits per heavy atom. The third-order valence-electron chi connectivity index (χ3n) is 3.40. The molecule has 0 aliphatic heterocycles. The second-order valence-electron chi connectivity index (χ2n) is 6.50. The lowest BCUT2D eigenvalue weighted by molar-refractivity contribution is 0.0463. The van der Waals surface area contributed by atoms with Gasteiger partial charge in [0.25, 0.3) is 0 Å².